The quantitative estimate of drug-likeness (QED) is 0.438. The van der Waals surface area contributed by atoms with E-state index in [1.165, 1.54) is 7.11 Å². The third-order valence-electron chi connectivity index (χ3n) is 2.60. The molecule has 0 amide bonds. The first-order valence-electron chi connectivity index (χ1n) is 6.11. The van der Waals surface area contributed by atoms with Crippen LogP contribution >= 0.6 is 11.6 Å². The van der Waals surface area contributed by atoms with Crippen molar-refractivity contribution in [1.82, 2.24) is 0 Å². The van der Waals surface area contributed by atoms with Crippen LogP contribution in [0.1, 0.15) is 30.1 Å². The van der Waals surface area contributed by atoms with E-state index in [2.05, 4.69) is 0 Å². The molecule has 19 heavy (non-hydrogen) atoms. The Morgan fingerprint density at radius 1 is 1.26 bits per heavy atom. The van der Waals surface area contributed by atoms with Crippen molar-refractivity contribution in [1.29, 1.82) is 0 Å². The fourth-order valence-corrected chi connectivity index (χ4v) is 1.73. The third-order valence-corrected chi connectivity index (χ3v) is 2.82. The van der Waals surface area contributed by atoms with Gasteiger partial charge in [0, 0.05) is 5.38 Å². The van der Waals surface area contributed by atoms with Crippen LogP contribution in [0, 0.1) is 0 Å². The Labute approximate surface area is 118 Å². The van der Waals surface area contributed by atoms with Crippen LogP contribution in [-0.4, -0.2) is 32.2 Å². The minimum Gasteiger partial charge on any atom is -0.493 e. The van der Waals surface area contributed by atoms with Crippen molar-refractivity contribution in [2.24, 2.45) is 0 Å². The van der Waals surface area contributed by atoms with Crippen molar-refractivity contribution in [3.05, 3.63) is 23.8 Å². The molecular weight excluding hydrogens is 268 g/mol. The van der Waals surface area contributed by atoms with Crippen LogP contribution < -0.4 is 9.47 Å². The summed E-state index contributed by atoms with van der Waals surface area (Å²) in [6.45, 7) is 2.28. The van der Waals surface area contributed by atoms with Gasteiger partial charge >= 0.3 is 5.97 Å². The van der Waals surface area contributed by atoms with Gasteiger partial charge in [0.15, 0.2) is 11.5 Å². The lowest BCUT2D eigenvalue weighted by Gasteiger charge is -2.09. The predicted octanol–water partition coefficient (Wildman–Crippen LogP) is 3.27. The second-order valence-electron chi connectivity index (χ2n) is 4.13. The van der Waals surface area contributed by atoms with Crippen LogP contribution in [0.15, 0.2) is 18.2 Å². The molecule has 1 aromatic carbocycles. The molecule has 0 radical (unpaired) electrons. The lowest BCUT2D eigenvalue weighted by Crippen LogP contribution is -2.08. The first-order chi connectivity index (χ1) is 9.08. The van der Waals surface area contributed by atoms with Gasteiger partial charge in [-0.3, -0.25) is 0 Å². The van der Waals surface area contributed by atoms with Crippen LogP contribution in [0.2, 0.25) is 0 Å². The maximum absolute atomic E-state index is 11.8. The number of carbonyl (C=O) groups excluding carboxylic acids is 1. The Bertz CT molecular complexity index is 418. The summed E-state index contributed by atoms with van der Waals surface area (Å²) in [5.41, 5.74) is 0.441. The topological polar surface area (TPSA) is 44.8 Å². The fourth-order valence-electron chi connectivity index (χ4n) is 1.58. The molecule has 1 aromatic rings. The number of halogens is 1. The van der Waals surface area contributed by atoms with Crippen LogP contribution in [0.3, 0.4) is 0 Å². The summed E-state index contributed by atoms with van der Waals surface area (Å²) in [6, 6.07) is 4.93. The maximum atomic E-state index is 11.8. The molecule has 0 aliphatic heterocycles. The Balaban J connectivity index is 2.57. The Kier molecular flexibility index (Phi) is 6.50. The molecule has 106 valence electrons. The molecule has 0 saturated heterocycles. The first-order valence-corrected chi connectivity index (χ1v) is 6.55. The highest BCUT2D eigenvalue weighted by Gasteiger charge is 2.11. The Hall–Kier alpha value is -1.42. The predicted molar refractivity (Wildman–Crippen MR) is 74.4 cm³/mol. The van der Waals surface area contributed by atoms with Crippen molar-refractivity contribution in [2.75, 3.05) is 20.8 Å². The molecule has 0 spiro atoms. The third kappa shape index (κ3) is 4.99. The molecule has 0 aromatic heterocycles. The molecule has 0 saturated carbocycles. The van der Waals surface area contributed by atoms with E-state index >= 15 is 0 Å². The normalized spacial score (nSPS) is 11.8. The van der Waals surface area contributed by atoms with Gasteiger partial charge in [-0.05, 0) is 38.0 Å². The largest absolute Gasteiger partial charge is 0.493 e. The number of esters is 1. The van der Waals surface area contributed by atoms with Crippen LogP contribution in [0.5, 0.6) is 11.5 Å². The zero-order valence-electron chi connectivity index (χ0n) is 11.4. The van der Waals surface area contributed by atoms with Gasteiger partial charge in [0.25, 0.3) is 0 Å². The SMILES string of the molecule is COc1ccc(C(=O)OCCCC(C)Cl)cc1OC. The van der Waals surface area contributed by atoms with E-state index in [-0.39, 0.29) is 11.3 Å². The number of ether oxygens (including phenoxy) is 3. The minimum atomic E-state index is -0.372. The minimum absolute atomic E-state index is 0.0970. The van der Waals surface area contributed by atoms with Gasteiger partial charge in [-0.25, -0.2) is 4.79 Å². The van der Waals surface area contributed by atoms with Crippen LogP contribution in [-0.2, 0) is 4.74 Å². The molecule has 1 unspecified atom stereocenters. The van der Waals surface area contributed by atoms with E-state index in [0.717, 1.165) is 12.8 Å². The monoisotopic (exact) mass is 286 g/mol. The number of alkyl halides is 1. The van der Waals surface area contributed by atoms with E-state index in [9.17, 15) is 4.79 Å². The summed E-state index contributed by atoms with van der Waals surface area (Å²) in [4.78, 5) is 11.8. The highest BCUT2D eigenvalue weighted by Crippen LogP contribution is 2.27. The van der Waals surface area contributed by atoms with Crippen LogP contribution in [0.4, 0.5) is 0 Å². The average molecular weight is 287 g/mol. The van der Waals surface area contributed by atoms with Crippen molar-refractivity contribution in [3.63, 3.8) is 0 Å². The summed E-state index contributed by atoms with van der Waals surface area (Å²) in [7, 11) is 3.07. The highest BCUT2D eigenvalue weighted by molar-refractivity contribution is 6.20. The number of hydrogen-bond donors (Lipinski definition) is 0. The van der Waals surface area contributed by atoms with Gasteiger partial charge in [0.05, 0.1) is 26.4 Å². The van der Waals surface area contributed by atoms with Gasteiger partial charge in [-0.15, -0.1) is 11.6 Å². The van der Waals surface area contributed by atoms with Gasteiger partial charge < -0.3 is 14.2 Å². The smallest absolute Gasteiger partial charge is 0.338 e. The molecular formula is C14H19ClO4. The average Bonchev–Trinajstić information content (AvgIpc) is 2.42. The van der Waals surface area contributed by atoms with E-state index in [1.807, 2.05) is 6.92 Å². The molecule has 0 heterocycles. The number of hydrogen-bond acceptors (Lipinski definition) is 4. The lowest BCUT2D eigenvalue weighted by atomic mass is 10.2. The van der Waals surface area contributed by atoms with Gasteiger partial charge in [0.2, 0.25) is 0 Å². The molecule has 0 fully saturated rings. The summed E-state index contributed by atoms with van der Waals surface area (Å²) >= 11 is 5.81. The van der Waals surface area contributed by atoms with Gasteiger partial charge in [-0.1, -0.05) is 0 Å². The summed E-state index contributed by atoms with van der Waals surface area (Å²) < 4.78 is 15.4. The van der Waals surface area contributed by atoms with E-state index < -0.39 is 0 Å². The van der Waals surface area contributed by atoms with Crippen molar-refractivity contribution in [2.45, 2.75) is 25.1 Å². The van der Waals surface area contributed by atoms with E-state index in [0.29, 0.717) is 23.7 Å². The number of benzene rings is 1. The molecule has 5 heteroatoms. The number of rotatable bonds is 7. The zero-order chi connectivity index (χ0) is 14.3. The lowest BCUT2D eigenvalue weighted by molar-refractivity contribution is 0.0498. The number of methoxy groups -OCH3 is 2. The van der Waals surface area contributed by atoms with Gasteiger partial charge in [0.1, 0.15) is 0 Å². The Morgan fingerprint density at radius 3 is 2.53 bits per heavy atom. The van der Waals surface area contributed by atoms with Crippen molar-refractivity contribution >= 4 is 17.6 Å². The highest BCUT2D eigenvalue weighted by atomic mass is 35.5. The fraction of sp³-hybridized carbons (Fsp3) is 0.500. The maximum Gasteiger partial charge on any atom is 0.338 e. The van der Waals surface area contributed by atoms with E-state index in [4.69, 9.17) is 25.8 Å². The molecule has 0 aliphatic carbocycles. The second kappa shape index (κ2) is 7.89. The van der Waals surface area contributed by atoms with Crippen LogP contribution in [0.25, 0.3) is 0 Å². The molecule has 1 atom stereocenters. The molecule has 0 aliphatic rings. The molecule has 1 rings (SSSR count). The second-order valence-corrected chi connectivity index (χ2v) is 4.87. The summed E-state index contributed by atoms with van der Waals surface area (Å²) in [5, 5.41) is 0.0970. The summed E-state index contributed by atoms with van der Waals surface area (Å²) in [6.07, 6.45) is 1.57. The molecule has 0 bridgehead atoms. The Morgan fingerprint density at radius 2 is 1.95 bits per heavy atom. The zero-order valence-corrected chi connectivity index (χ0v) is 12.2. The van der Waals surface area contributed by atoms with E-state index in [1.54, 1.807) is 25.3 Å². The molecule has 4 nitrogen and oxygen atoms in total. The molecule has 0 N–H and O–H groups in total. The first kappa shape index (κ1) is 15.6. The number of carbonyl (C=O) groups is 1. The van der Waals surface area contributed by atoms with Crippen molar-refractivity contribution < 1.29 is 19.0 Å². The van der Waals surface area contributed by atoms with Gasteiger partial charge in [-0.2, -0.15) is 0 Å². The summed E-state index contributed by atoms with van der Waals surface area (Å²) in [5.74, 6) is 0.713. The standard InChI is InChI=1S/C14H19ClO4/c1-10(15)5-4-8-19-14(16)11-6-7-12(17-2)13(9-11)18-3/h6-7,9-10H,4-5,8H2,1-3H3. The van der Waals surface area contributed by atoms with Crippen molar-refractivity contribution in [3.8, 4) is 11.5 Å².